The molecule has 0 fully saturated rings. The molecule has 0 aliphatic heterocycles. The summed E-state index contributed by atoms with van der Waals surface area (Å²) in [5.41, 5.74) is 8.64. The highest BCUT2D eigenvalue weighted by Gasteiger charge is 2.18. The minimum absolute atomic E-state index is 0.463. The van der Waals surface area contributed by atoms with Crippen molar-refractivity contribution in [2.75, 3.05) is 76.9 Å². The van der Waals surface area contributed by atoms with Gasteiger partial charge in [0.05, 0.1) is 45.4 Å². The molecule has 6 rings (SSSR count). The van der Waals surface area contributed by atoms with Crippen molar-refractivity contribution in [1.82, 2.24) is 0 Å². The average Bonchev–Trinajstić information content (AvgIpc) is 3.22. The molecule has 0 N–H and O–H groups in total. The first-order chi connectivity index (χ1) is 26.7. The lowest BCUT2D eigenvalue weighted by molar-refractivity contribution is 0.0402. The van der Waals surface area contributed by atoms with Crippen LogP contribution in [0.15, 0.2) is 157 Å². The molecule has 0 aromatic heterocycles. The highest BCUT2D eigenvalue weighted by Crippen LogP contribution is 2.38. The summed E-state index contributed by atoms with van der Waals surface area (Å²) in [5.74, 6) is 1.75. The molecule has 54 heavy (non-hydrogen) atoms. The number of methoxy groups -OCH3 is 2. The monoisotopic (exact) mass is 726 g/mol. The number of anilines is 5. The summed E-state index contributed by atoms with van der Waals surface area (Å²) in [4.78, 5) is 4.53. The first-order valence-electron chi connectivity index (χ1n) is 18.5. The second-order valence-corrected chi connectivity index (χ2v) is 12.6. The number of hydrogen-bond donors (Lipinski definition) is 0. The lowest BCUT2D eigenvalue weighted by Crippen LogP contribution is -2.17. The van der Waals surface area contributed by atoms with E-state index < -0.39 is 0 Å². The van der Waals surface area contributed by atoms with Crippen molar-refractivity contribution in [3.8, 4) is 16.9 Å². The Balaban J connectivity index is 1.19. The van der Waals surface area contributed by atoms with Gasteiger partial charge in [0.25, 0.3) is 0 Å². The Hall–Kier alpha value is -5.38. The Labute approximate surface area is 319 Å². The molecule has 0 unspecified atom stereocenters. The number of nitrogens with zero attached hydrogens (tertiary/aromatic N) is 2. The third kappa shape index (κ3) is 10.8. The first-order valence-corrected chi connectivity index (χ1v) is 18.5. The lowest BCUT2D eigenvalue weighted by Gasteiger charge is -2.29. The highest BCUT2D eigenvalue weighted by atomic mass is 16.5. The normalized spacial score (nSPS) is 12.5. The van der Waals surface area contributed by atoms with Crippen LogP contribution in [-0.4, -0.2) is 67.1 Å². The van der Waals surface area contributed by atoms with Gasteiger partial charge in [-0.05, 0) is 84.3 Å². The van der Waals surface area contributed by atoms with E-state index in [0.29, 0.717) is 52.9 Å². The highest BCUT2D eigenvalue weighted by molar-refractivity contribution is 5.79. The fraction of sp³-hybridized carbons (Fsp3) is 0.261. The van der Waals surface area contributed by atoms with Crippen LogP contribution < -0.4 is 14.5 Å². The Morgan fingerprint density at radius 1 is 0.463 bits per heavy atom. The van der Waals surface area contributed by atoms with E-state index in [4.69, 9.17) is 28.4 Å². The van der Waals surface area contributed by atoms with Crippen LogP contribution in [0, 0.1) is 0 Å². The van der Waals surface area contributed by atoms with Gasteiger partial charge in [-0.25, -0.2) is 0 Å². The Morgan fingerprint density at radius 2 is 0.963 bits per heavy atom. The summed E-state index contributed by atoms with van der Waals surface area (Å²) >= 11 is 0. The fourth-order valence-corrected chi connectivity index (χ4v) is 6.23. The molecule has 1 aliphatic rings. The van der Waals surface area contributed by atoms with Gasteiger partial charge >= 0.3 is 0 Å². The maximum atomic E-state index is 6.12. The molecular weight excluding hydrogens is 677 g/mol. The molecule has 280 valence electrons. The van der Waals surface area contributed by atoms with Gasteiger partial charge in [0.1, 0.15) is 19.0 Å². The zero-order valence-electron chi connectivity index (χ0n) is 31.3. The van der Waals surface area contributed by atoms with E-state index >= 15 is 0 Å². The van der Waals surface area contributed by atoms with Crippen molar-refractivity contribution in [2.24, 2.45) is 0 Å². The Morgan fingerprint density at radius 3 is 1.56 bits per heavy atom. The summed E-state index contributed by atoms with van der Waals surface area (Å²) in [6.07, 6.45) is 6.20. The van der Waals surface area contributed by atoms with Crippen molar-refractivity contribution in [3.05, 3.63) is 157 Å². The molecule has 0 saturated heterocycles. The van der Waals surface area contributed by atoms with E-state index in [1.54, 1.807) is 14.2 Å². The molecule has 0 heterocycles. The molecule has 5 aromatic rings. The molecule has 8 heteroatoms. The van der Waals surface area contributed by atoms with Crippen molar-refractivity contribution in [2.45, 2.75) is 12.8 Å². The molecule has 0 saturated carbocycles. The van der Waals surface area contributed by atoms with E-state index in [1.807, 2.05) is 24.3 Å². The van der Waals surface area contributed by atoms with Gasteiger partial charge in [-0.1, -0.05) is 72.8 Å². The van der Waals surface area contributed by atoms with E-state index in [9.17, 15) is 0 Å². The number of hydrogen-bond acceptors (Lipinski definition) is 8. The van der Waals surface area contributed by atoms with Gasteiger partial charge in [0.15, 0.2) is 0 Å². The fourth-order valence-electron chi connectivity index (χ4n) is 6.23. The smallest absolute Gasteiger partial charge is 0.121 e. The summed E-state index contributed by atoms with van der Waals surface area (Å²) in [5, 5.41) is 0. The molecule has 0 bridgehead atoms. The molecule has 0 atom stereocenters. The van der Waals surface area contributed by atoms with Gasteiger partial charge in [0, 0.05) is 60.8 Å². The Bertz CT molecular complexity index is 1900. The lowest BCUT2D eigenvalue weighted by atomic mass is 10.0. The van der Waals surface area contributed by atoms with Crippen molar-refractivity contribution >= 4 is 28.4 Å². The van der Waals surface area contributed by atoms with Crippen LogP contribution in [0.2, 0.25) is 0 Å². The quantitative estimate of drug-likeness (QED) is 0.0693. The summed E-state index contributed by atoms with van der Waals surface area (Å²) in [7, 11) is 3.34. The van der Waals surface area contributed by atoms with Crippen molar-refractivity contribution < 1.29 is 28.4 Å². The molecule has 0 amide bonds. The van der Waals surface area contributed by atoms with Crippen molar-refractivity contribution in [3.63, 3.8) is 0 Å². The number of rotatable bonds is 21. The average molecular weight is 727 g/mol. The molecule has 1 aliphatic carbocycles. The third-order valence-corrected chi connectivity index (χ3v) is 8.88. The summed E-state index contributed by atoms with van der Waals surface area (Å²) in [6.45, 7) is 4.27. The Kier molecular flexibility index (Phi) is 14.7. The van der Waals surface area contributed by atoms with Crippen LogP contribution in [0.4, 0.5) is 28.4 Å². The maximum Gasteiger partial charge on any atom is 0.121 e. The van der Waals surface area contributed by atoms with Crippen LogP contribution in [-0.2, 0) is 23.7 Å². The van der Waals surface area contributed by atoms with Gasteiger partial charge in [0.2, 0.25) is 0 Å². The van der Waals surface area contributed by atoms with Crippen LogP contribution >= 0.6 is 0 Å². The minimum atomic E-state index is 0.463. The van der Waals surface area contributed by atoms with Gasteiger partial charge in [-0.2, -0.15) is 0 Å². The zero-order valence-corrected chi connectivity index (χ0v) is 31.3. The molecular formula is C46H50N2O6. The minimum Gasteiger partial charge on any atom is -0.495 e. The summed E-state index contributed by atoms with van der Waals surface area (Å²) in [6, 6.07) is 46.5. The maximum absolute atomic E-state index is 6.12. The number of allylic oxidation sites excluding steroid dienone is 3. The number of ether oxygens (including phenoxy) is 6. The number of para-hydroxylation sites is 2. The predicted molar refractivity (Wildman–Crippen MR) is 217 cm³/mol. The molecule has 0 spiro atoms. The molecule has 0 radical (unpaired) electrons. The van der Waals surface area contributed by atoms with Crippen LogP contribution in [0.5, 0.6) is 5.75 Å². The molecule has 5 aromatic carbocycles. The zero-order chi connectivity index (χ0) is 37.2. The van der Waals surface area contributed by atoms with Gasteiger partial charge < -0.3 is 38.2 Å². The van der Waals surface area contributed by atoms with E-state index in [1.165, 1.54) is 0 Å². The standard InChI is InChI=1S/C46H50N2O6/c1-49-27-29-51-31-33-53-45-17-9-15-43(35-45)47(39-11-5-3-6-12-39)41-23-19-37(20-24-41)38-21-25-42(26-22-38)48(40-13-7-4-8-14-40)44-16-10-18-46(36-44)54-34-32-52-30-28-50-2/h3-9,11-17,19-26,35-36H,10,18,27-34H2,1-2H3. The first kappa shape index (κ1) is 38.3. The molecule has 8 nitrogen and oxygen atoms in total. The predicted octanol–water partition coefficient (Wildman–Crippen LogP) is 10.2. The largest absolute Gasteiger partial charge is 0.495 e. The second-order valence-electron chi connectivity index (χ2n) is 12.6. The topological polar surface area (TPSA) is 61.9 Å². The van der Waals surface area contributed by atoms with Crippen molar-refractivity contribution in [1.29, 1.82) is 0 Å². The van der Waals surface area contributed by atoms with Crippen LogP contribution in [0.3, 0.4) is 0 Å². The van der Waals surface area contributed by atoms with Crippen LogP contribution in [0.25, 0.3) is 11.1 Å². The van der Waals surface area contributed by atoms with E-state index in [-0.39, 0.29) is 0 Å². The SMILES string of the molecule is COCCOCCOC1=CC(N(c2ccccc2)c2ccc(-c3ccc(N(c4ccccc4)c4cccc(OCCOCCOC)c4)cc3)cc2)=CCC1. The second kappa shape index (κ2) is 20.8. The third-order valence-electron chi connectivity index (χ3n) is 8.88. The van der Waals surface area contributed by atoms with E-state index in [2.05, 4.69) is 131 Å². The van der Waals surface area contributed by atoms with E-state index in [0.717, 1.165) is 69.6 Å². The van der Waals surface area contributed by atoms with Gasteiger partial charge in [-0.15, -0.1) is 0 Å². The summed E-state index contributed by atoms with van der Waals surface area (Å²) < 4.78 is 33.4. The number of benzene rings is 5. The van der Waals surface area contributed by atoms with Gasteiger partial charge in [-0.3, -0.25) is 0 Å². The van der Waals surface area contributed by atoms with Crippen LogP contribution in [0.1, 0.15) is 12.8 Å².